The number of nitrogen functional groups attached to an aromatic ring is 1. The van der Waals surface area contributed by atoms with Crippen LogP contribution in [-0.4, -0.2) is 12.6 Å². The van der Waals surface area contributed by atoms with Gasteiger partial charge in [0, 0.05) is 8.59 Å². The molecule has 0 aliphatic carbocycles. The largest absolute Gasteiger partial charge is 0.462 e. The number of carbonyl (C=O) groups excluding carboxylic acids is 1. The number of halogens is 2. The van der Waals surface area contributed by atoms with Crippen molar-refractivity contribution >= 4 is 57.2 Å². The van der Waals surface area contributed by atoms with Crippen LogP contribution in [0.25, 0.3) is 0 Å². The summed E-state index contributed by atoms with van der Waals surface area (Å²) in [5.41, 5.74) is 8.48. The molecule has 0 atom stereocenters. The lowest BCUT2D eigenvalue weighted by molar-refractivity contribution is 0.0526. The van der Waals surface area contributed by atoms with E-state index in [0.717, 1.165) is 9.26 Å². The van der Waals surface area contributed by atoms with Crippen molar-refractivity contribution in [2.45, 2.75) is 6.92 Å². The van der Waals surface area contributed by atoms with E-state index in [1.54, 1.807) is 31.2 Å². The van der Waals surface area contributed by atoms with Crippen LogP contribution in [0.15, 0.2) is 36.4 Å². The highest BCUT2D eigenvalue weighted by molar-refractivity contribution is 14.1. The molecule has 0 aliphatic rings. The van der Waals surface area contributed by atoms with Crippen molar-refractivity contribution in [3.8, 4) is 0 Å². The molecule has 6 heteroatoms. The molecule has 0 bridgehead atoms. The Morgan fingerprint density at radius 2 is 2.05 bits per heavy atom. The predicted molar refractivity (Wildman–Crippen MR) is 94.3 cm³/mol. The first kappa shape index (κ1) is 15.9. The van der Waals surface area contributed by atoms with Crippen molar-refractivity contribution in [3.05, 3.63) is 50.6 Å². The maximum absolute atomic E-state index is 11.8. The summed E-state index contributed by atoms with van der Waals surface area (Å²) in [6.45, 7) is 2.10. The zero-order chi connectivity index (χ0) is 15.4. The third-order valence-corrected chi connectivity index (χ3v) is 3.89. The molecule has 3 N–H and O–H groups in total. The Morgan fingerprint density at radius 1 is 1.29 bits per heavy atom. The van der Waals surface area contributed by atoms with Gasteiger partial charge in [0.05, 0.1) is 29.2 Å². The summed E-state index contributed by atoms with van der Waals surface area (Å²) in [7, 11) is 0. The SMILES string of the molecule is CCOC(=O)c1ccc(N)c(Nc2ccc(Cl)cc2I)c1. The van der Waals surface area contributed by atoms with Gasteiger partial charge in [0.1, 0.15) is 0 Å². The number of hydrogen-bond donors (Lipinski definition) is 2. The van der Waals surface area contributed by atoms with E-state index >= 15 is 0 Å². The molecule has 0 spiro atoms. The molecule has 2 rings (SSSR count). The van der Waals surface area contributed by atoms with Gasteiger partial charge in [0.25, 0.3) is 0 Å². The minimum Gasteiger partial charge on any atom is -0.462 e. The topological polar surface area (TPSA) is 64.3 Å². The fourth-order valence-corrected chi connectivity index (χ4v) is 2.75. The lowest BCUT2D eigenvalue weighted by atomic mass is 10.1. The van der Waals surface area contributed by atoms with Gasteiger partial charge in [0.15, 0.2) is 0 Å². The van der Waals surface area contributed by atoms with Gasteiger partial charge in [-0.15, -0.1) is 0 Å². The highest BCUT2D eigenvalue weighted by Gasteiger charge is 2.10. The summed E-state index contributed by atoms with van der Waals surface area (Å²) in [6, 6.07) is 10.5. The van der Waals surface area contributed by atoms with E-state index in [-0.39, 0.29) is 5.97 Å². The zero-order valence-electron chi connectivity index (χ0n) is 11.3. The van der Waals surface area contributed by atoms with Gasteiger partial charge in [-0.1, -0.05) is 11.6 Å². The molecular formula is C15H14ClIN2O2. The molecule has 0 saturated carbocycles. The first-order chi connectivity index (χ1) is 10.0. The van der Waals surface area contributed by atoms with Crippen LogP contribution in [-0.2, 0) is 4.74 Å². The Balaban J connectivity index is 2.30. The molecule has 0 fully saturated rings. The number of nitrogens with one attached hydrogen (secondary N) is 1. The molecule has 21 heavy (non-hydrogen) atoms. The predicted octanol–water partition coefficient (Wildman–Crippen LogP) is 4.45. The average Bonchev–Trinajstić information content (AvgIpc) is 2.44. The second-order valence-electron chi connectivity index (χ2n) is 4.27. The van der Waals surface area contributed by atoms with Crippen LogP contribution in [0.2, 0.25) is 5.02 Å². The van der Waals surface area contributed by atoms with E-state index in [4.69, 9.17) is 22.1 Å². The molecule has 0 heterocycles. The van der Waals surface area contributed by atoms with Crippen LogP contribution < -0.4 is 11.1 Å². The summed E-state index contributed by atoms with van der Waals surface area (Å²) >= 11 is 8.11. The van der Waals surface area contributed by atoms with Crippen molar-refractivity contribution in [1.82, 2.24) is 0 Å². The number of hydrogen-bond acceptors (Lipinski definition) is 4. The molecule has 4 nitrogen and oxygen atoms in total. The fraction of sp³-hybridized carbons (Fsp3) is 0.133. The van der Waals surface area contributed by atoms with Gasteiger partial charge in [-0.25, -0.2) is 4.79 Å². The van der Waals surface area contributed by atoms with Crippen molar-refractivity contribution in [2.75, 3.05) is 17.7 Å². The van der Waals surface area contributed by atoms with Crippen LogP contribution in [0.1, 0.15) is 17.3 Å². The zero-order valence-corrected chi connectivity index (χ0v) is 14.2. The summed E-state index contributed by atoms with van der Waals surface area (Å²) < 4.78 is 5.95. The fourth-order valence-electron chi connectivity index (χ4n) is 1.74. The van der Waals surface area contributed by atoms with Gasteiger partial charge < -0.3 is 15.8 Å². The molecule has 0 radical (unpaired) electrons. The Morgan fingerprint density at radius 3 is 2.71 bits per heavy atom. The van der Waals surface area contributed by atoms with Crippen molar-refractivity contribution < 1.29 is 9.53 Å². The Bertz CT molecular complexity index is 677. The maximum atomic E-state index is 11.8. The summed E-state index contributed by atoms with van der Waals surface area (Å²) in [5, 5.41) is 3.87. The first-order valence-corrected chi connectivity index (χ1v) is 7.75. The monoisotopic (exact) mass is 416 g/mol. The van der Waals surface area contributed by atoms with E-state index in [1.807, 2.05) is 12.1 Å². The Kier molecular flexibility index (Phi) is 5.30. The lowest BCUT2D eigenvalue weighted by Crippen LogP contribution is -2.06. The molecule has 0 aromatic heterocycles. The minimum atomic E-state index is -0.369. The summed E-state index contributed by atoms with van der Waals surface area (Å²) in [5.74, 6) is -0.369. The van der Waals surface area contributed by atoms with Crippen LogP contribution in [0.4, 0.5) is 17.1 Å². The number of rotatable bonds is 4. The number of anilines is 3. The molecule has 0 aliphatic heterocycles. The normalized spacial score (nSPS) is 10.2. The molecule has 0 amide bonds. The number of ether oxygens (including phenoxy) is 1. The van der Waals surface area contributed by atoms with Crippen molar-refractivity contribution in [3.63, 3.8) is 0 Å². The Labute approximate surface area is 141 Å². The number of esters is 1. The van der Waals surface area contributed by atoms with Gasteiger partial charge >= 0.3 is 5.97 Å². The molecule has 0 unspecified atom stereocenters. The van der Waals surface area contributed by atoms with E-state index in [0.29, 0.717) is 28.6 Å². The highest BCUT2D eigenvalue weighted by Crippen LogP contribution is 2.29. The quantitative estimate of drug-likeness (QED) is 0.439. The van der Waals surface area contributed by atoms with Gasteiger partial charge in [0.2, 0.25) is 0 Å². The third-order valence-electron chi connectivity index (χ3n) is 2.76. The van der Waals surface area contributed by atoms with Crippen LogP contribution in [0.5, 0.6) is 0 Å². The number of carbonyl (C=O) groups is 1. The molecule has 110 valence electrons. The first-order valence-electron chi connectivity index (χ1n) is 6.30. The second kappa shape index (κ2) is 7.00. The third kappa shape index (κ3) is 4.01. The lowest BCUT2D eigenvalue weighted by Gasteiger charge is -2.12. The smallest absolute Gasteiger partial charge is 0.338 e. The van der Waals surface area contributed by atoms with Crippen LogP contribution in [0.3, 0.4) is 0 Å². The number of benzene rings is 2. The Hall–Kier alpha value is -1.47. The average molecular weight is 417 g/mol. The van der Waals surface area contributed by atoms with E-state index < -0.39 is 0 Å². The van der Waals surface area contributed by atoms with Crippen molar-refractivity contribution in [1.29, 1.82) is 0 Å². The van der Waals surface area contributed by atoms with Crippen LogP contribution >= 0.6 is 34.2 Å². The standard InChI is InChI=1S/C15H14ClIN2O2/c1-2-21-15(20)9-3-5-12(18)14(7-9)19-13-6-4-10(16)8-11(13)17/h3-8,19H,2,18H2,1H3. The molecule has 0 saturated heterocycles. The maximum Gasteiger partial charge on any atom is 0.338 e. The van der Waals surface area contributed by atoms with E-state index in [1.165, 1.54) is 0 Å². The van der Waals surface area contributed by atoms with E-state index in [2.05, 4.69) is 27.9 Å². The summed E-state index contributed by atoms with van der Waals surface area (Å²) in [4.78, 5) is 11.8. The highest BCUT2D eigenvalue weighted by atomic mass is 127. The molecule has 2 aromatic carbocycles. The van der Waals surface area contributed by atoms with Crippen LogP contribution in [0, 0.1) is 3.57 Å². The van der Waals surface area contributed by atoms with E-state index in [9.17, 15) is 4.79 Å². The van der Waals surface area contributed by atoms with Crippen molar-refractivity contribution in [2.24, 2.45) is 0 Å². The van der Waals surface area contributed by atoms with Gasteiger partial charge in [-0.05, 0) is 65.9 Å². The van der Waals surface area contributed by atoms with Gasteiger partial charge in [-0.2, -0.15) is 0 Å². The molecular weight excluding hydrogens is 403 g/mol. The van der Waals surface area contributed by atoms with Gasteiger partial charge in [-0.3, -0.25) is 0 Å². The minimum absolute atomic E-state index is 0.334. The second-order valence-corrected chi connectivity index (χ2v) is 5.87. The number of nitrogens with two attached hydrogens (primary N) is 1. The summed E-state index contributed by atoms with van der Waals surface area (Å²) in [6.07, 6.45) is 0. The molecule has 2 aromatic rings.